The van der Waals surface area contributed by atoms with E-state index in [4.69, 9.17) is 9.84 Å². The van der Waals surface area contributed by atoms with Crippen LogP contribution in [0.4, 0.5) is 0 Å². The second-order valence-corrected chi connectivity index (χ2v) is 6.16. The Morgan fingerprint density at radius 2 is 2.09 bits per heavy atom. The lowest BCUT2D eigenvalue weighted by molar-refractivity contribution is -0.149. The summed E-state index contributed by atoms with van der Waals surface area (Å²) in [5.41, 5.74) is 2.07. The third kappa shape index (κ3) is 2.99. The van der Waals surface area contributed by atoms with Gasteiger partial charge in [-0.25, -0.2) is 0 Å². The SMILES string of the molecule is C[C@@H](CN(C(=O)[C@H]1OCCc2ccccc21)C1CC1)C(=O)O. The summed E-state index contributed by atoms with van der Waals surface area (Å²) in [6.45, 7) is 2.42. The standard InChI is InChI=1S/C17H21NO4/c1-11(17(20)21)10-18(13-6-7-13)16(19)15-14-5-3-2-4-12(14)8-9-22-15/h2-5,11,13,15H,6-10H2,1H3,(H,20,21)/t11-,15-/m0/s1. The summed E-state index contributed by atoms with van der Waals surface area (Å²) in [5, 5.41) is 9.11. The molecule has 1 aromatic rings. The van der Waals surface area contributed by atoms with Crippen molar-refractivity contribution in [2.24, 2.45) is 5.92 Å². The van der Waals surface area contributed by atoms with Crippen LogP contribution in [0.5, 0.6) is 0 Å². The van der Waals surface area contributed by atoms with Crippen LogP contribution >= 0.6 is 0 Å². The average molecular weight is 303 g/mol. The lowest BCUT2D eigenvalue weighted by atomic mass is 9.96. The predicted molar refractivity (Wildman–Crippen MR) is 80.4 cm³/mol. The van der Waals surface area contributed by atoms with E-state index in [1.807, 2.05) is 24.3 Å². The average Bonchev–Trinajstić information content (AvgIpc) is 3.35. The highest BCUT2D eigenvalue weighted by molar-refractivity contribution is 5.84. The van der Waals surface area contributed by atoms with Crippen LogP contribution in [0.3, 0.4) is 0 Å². The van der Waals surface area contributed by atoms with E-state index in [1.165, 1.54) is 0 Å². The number of hydrogen-bond acceptors (Lipinski definition) is 3. The van der Waals surface area contributed by atoms with E-state index >= 15 is 0 Å². The Morgan fingerprint density at radius 3 is 2.77 bits per heavy atom. The van der Waals surface area contributed by atoms with E-state index in [2.05, 4.69) is 0 Å². The molecule has 1 amide bonds. The summed E-state index contributed by atoms with van der Waals surface area (Å²) in [6, 6.07) is 8.01. The topological polar surface area (TPSA) is 66.8 Å². The fourth-order valence-corrected chi connectivity index (χ4v) is 2.93. The fraction of sp³-hybridized carbons (Fsp3) is 0.529. The van der Waals surface area contributed by atoms with E-state index in [1.54, 1.807) is 11.8 Å². The maximum absolute atomic E-state index is 12.9. The van der Waals surface area contributed by atoms with Gasteiger partial charge in [0.15, 0.2) is 6.10 Å². The van der Waals surface area contributed by atoms with Gasteiger partial charge in [-0.05, 0) is 30.4 Å². The van der Waals surface area contributed by atoms with Crippen LogP contribution in [0.1, 0.15) is 37.0 Å². The maximum atomic E-state index is 12.9. The van der Waals surface area contributed by atoms with E-state index in [0.29, 0.717) is 6.61 Å². The van der Waals surface area contributed by atoms with Gasteiger partial charge in [0.1, 0.15) is 0 Å². The second-order valence-electron chi connectivity index (χ2n) is 6.16. The minimum absolute atomic E-state index is 0.0947. The molecule has 5 heteroatoms. The minimum Gasteiger partial charge on any atom is -0.481 e. The molecular weight excluding hydrogens is 282 g/mol. The molecule has 1 heterocycles. The first-order valence-corrected chi connectivity index (χ1v) is 7.80. The molecule has 2 aliphatic rings. The Hall–Kier alpha value is -1.88. The van der Waals surface area contributed by atoms with Crippen LogP contribution in [0.25, 0.3) is 0 Å². The zero-order valence-electron chi connectivity index (χ0n) is 12.7. The van der Waals surface area contributed by atoms with Gasteiger partial charge in [0.2, 0.25) is 0 Å². The molecule has 1 fully saturated rings. The van der Waals surface area contributed by atoms with Crippen LogP contribution in [0, 0.1) is 5.92 Å². The quantitative estimate of drug-likeness (QED) is 0.903. The normalized spacial score (nSPS) is 21.8. The number of amides is 1. The number of carbonyl (C=O) groups is 2. The van der Waals surface area contributed by atoms with E-state index in [9.17, 15) is 9.59 Å². The Bertz CT molecular complexity index is 582. The van der Waals surface area contributed by atoms with Crippen LogP contribution in [-0.2, 0) is 20.7 Å². The molecule has 0 radical (unpaired) electrons. The Kier molecular flexibility index (Phi) is 4.16. The summed E-state index contributed by atoms with van der Waals surface area (Å²) in [7, 11) is 0. The number of hydrogen-bond donors (Lipinski definition) is 1. The fourth-order valence-electron chi connectivity index (χ4n) is 2.93. The molecule has 0 saturated heterocycles. The van der Waals surface area contributed by atoms with E-state index in [0.717, 1.165) is 30.4 Å². The largest absolute Gasteiger partial charge is 0.481 e. The number of nitrogens with zero attached hydrogens (tertiary/aromatic N) is 1. The molecular formula is C17H21NO4. The third-order valence-corrected chi connectivity index (χ3v) is 4.38. The molecule has 3 rings (SSSR count). The van der Waals surface area contributed by atoms with Gasteiger partial charge in [-0.1, -0.05) is 31.2 Å². The Balaban J connectivity index is 1.81. The summed E-state index contributed by atoms with van der Waals surface area (Å²) in [4.78, 5) is 25.7. The van der Waals surface area contributed by atoms with E-state index in [-0.39, 0.29) is 18.5 Å². The highest BCUT2D eigenvalue weighted by Crippen LogP contribution is 2.34. The Morgan fingerprint density at radius 1 is 1.36 bits per heavy atom. The highest BCUT2D eigenvalue weighted by atomic mass is 16.5. The molecule has 0 unspecified atom stereocenters. The van der Waals surface area contributed by atoms with Crippen molar-refractivity contribution in [2.75, 3.05) is 13.2 Å². The van der Waals surface area contributed by atoms with Crippen LogP contribution < -0.4 is 0 Å². The van der Waals surface area contributed by atoms with Crippen molar-refractivity contribution < 1.29 is 19.4 Å². The van der Waals surface area contributed by atoms with Crippen molar-refractivity contribution >= 4 is 11.9 Å². The molecule has 0 aromatic heterocycles. The number of aliphatic carboxylic acids is 1. The van der Waals surface area contributed by atoms with Crippen LogP contribution in [-0.4, -0.2) is 41.1 Å². The van der Waals surface area contributed by atoms with Gasteiger partial charge < -0.3 is 14.7 Å². The first-order chi connectivity index (χ1) is 10.6. The molecule has 5 nitrogen and oxygen atoms in total. The van der Waals surface area contributed by atoms with Crippen molar-refractivity contribution in [2.45, 2.75) is 38.3 Å². The number of ether oxygens (including phenoxy) is 1. The zero-order chi connectivity index (χ0) is 15.7. The number of fused-ring (bicyclic) bond motifs is 1. The van der Waals surface area contributed by atoms with E-state index < -0.39 is 18.0 Å². The van der Waals surface area contributed by atoms with Crippen LogP contribution in [0.15, 0.2) is 24.3 Å². The molecule has 1 aliphatic carbocycles. The van der Waals surface area contributed by atoms with Gasteiger partial charge in [-0.2, -0.15) is 0 Å². The molecule has 1 saturated carbocycles. The first-order valence-electron chi connectivity index (χ1n) is 7.80. The molecule has 118 valence electrons. The molecule has 0 bridgehead atoms. The van der Waals surface area contributed by atoms with Gasteiger partial charge in [0, 0.05) is 12.6 Å². The zero-order valence-corrected chi connectivity index (χ0v) is 12.7. The van der Waals surface area contributed by atoms with Gasteiger partial charge in [0.05, 0.1) is 12.5 Å². The summed E-state index contributed by atoms with van der Waals surface area (Å²) in [5.74, 6) is -1.53. The van der Waals surface area contributed by atoms with Gasteiger partial charge in [-0.3, -0.25) is 9.59 Å². The number of carbonyl (C=O) groups excluding carboxylic acids is 1. The monoisotopic (exact) mass is 303 g/mol. The lowest BCUT2D eigenvalue weighted by Crippen LogP contribution is -2.42. The summed E-state index contributed by atoms with van der Waals surface area (Å²) >= 11 is 0. The van der Waals surface area contributed by atoms with Gasteiger partial charge >= 0.3 is 5.97 Å². The summed E-state index contributed by atoms with van der Waals surface area (Å²) < 4.78 is 5.73. The molecule has 1 aromatic carbocycles. The minimum atomic E-state index is -0.872. The highest BCUT2D eigenvalue weighted by Gasteiger charge is 2.39. The second kappa shape index (κ2) is 6.08. The molecule has 1 N–H and O–H groups in total. The molecule has 2 atom stereocenters. The van der Waals surface area contributed by atoms with Crippen molar-refractivity contribution in [3.63, 3.8) is 0 Å². The predicted octanol–water partition coefficient (Wildman–Crippen LogP) is 2.01. The molecule has 0 spiro atoms. The van der Waals surface area contributed by atoms with Gasteiger partial charge in [-0.15, -0.1) is 0 Å². The van der Waals surface area contributed by atoms with Crippen molar-refractivity contribution in [3.8, 4) is 0 Å². The Labute approximate surface area is 129 Å². The van der Waals surface area contributed by atoms with Crippen LogP contribution in [0.2, 0.25) is 0 Å². The lowest BCUT2D eigenvalue weighted by Gasteiger charge is -2.32. The molecule has 22 heavy (non-hydrogen) atoms. The first kappa shape index (κ1) is 15.0. The maximum Gasteiger partial charge on any atom is 0.308 e. The smallest absolute Gasteiger partial charge is 0.308 e. The number of carboxylic acid groups (broad SMARTS) is 1. The van der Waals surface area contributed by atoms with Crippen molar-refractivity contribution in [1.82, 2.24) is 4.90 Å². The third-order valence-electron chi connectivity index (χ3n) is 4.38. The molecule has 1 aliphatic heterocycles. The number of benzene rings is 1. The summed E-state index contributed by atoms with van der Waals surface area (Å²) in [6.07, 6.45) is 2.12. The number of carboxylic acids is 1. The van der Waals surface area contributed by atoms with Crippen molar-refractivity contribution in [1.29, 1.82) is 0 Å². The van der Waals surface area contributed by atoms with Gasteiger partial charge in [0.25, 0.3) is 5.91 Å². The number of rotatable bonds is 5. The van der Waals surface area contributed by atoms with Crippen molar-refractivity contribution in [3.05, 3.63) is 35.4 Å².